The summed E-state index contributed by atoms with van der Waals surface area (Å²) >= 11 is 0. The van der Waals surface area contributed by atoms with E-state index in [1.54, 1.807) is 6.33 Å². The monoisotopic (exact) mass is 325 g/mol. The molecule has 0 amide bonds. The minimum atomic E-state index is 0.660. The molecule has 0 N–H and O–H groups in total. The number of aromatic nitrogens is 5. The summed E-state index contributed by atoms with van der Waals surface area (Å²) in [6.45, 7) is 7.56. The van der Waals surface area contributed by atoms with Crippen LogP contribution in [0, 0.1) is 18.8 Å². The molecule has 3 aliphatic rings. The van der Waals surface area contributed by atoms with E-state index in [-0.39, 0.29) is 0 Å². The van der Waals surface area contributed by atoms with Crippen LogP contribution in [0.1, 0.15) is 30.3 Å². The molecule has 1 aliphatic carbocycles. The molecule has 0 aromatic carbocycles. The van der Waals surface area contributed by atoms with Gasteiger partial charge in [0, 0.05) is 44.0 Å². The second-order valence-electron chi connectivity index (χ2n) is 7.53. The highest BCUT2D eigenvalue weighted by Crippen LogP contribution is 2.37. The molecule has 2 saturated heterocycles. The molecule has 5 rings (SSSR count). The van der Waals surface area contributed by atoms with E-state index in [1.165, 1.54) is 18.4 Å². The maximum Gasteiger partial charge on any atom is 0.147 e. The van der Waals surface area contributed by atoms with Gasteiger partial charge in [0.1, 0.15) is 24.3 Å². The Morgan fingerprint density at radius 1 is 1.12 bits per heavy atom. The van der Waals surface area contributed by atoms with Gasteiger partial charge in [0.25, 0.3) is 0 Å². The second-order valence-corrected chi connectivity index (χ2v) is 7.53. The Morgan fingerprint density at radius 2 is 1.92 bits per heavy atom. The van der Waals surface area contributed by atoms with Crippen molar-refractivity contribution in [2.24, 2.45) is 11.8 Å². The fraction of sp³-hybridized carbons (Fsp3) is 0.647. The standard InChI is InChI=1S/C17H23N7/c1-12-4-18-10-19-17(12)23-7-13-5-22(6-14(13)8-23)9-16-21-20-11-24(16)15-2-3-15/h4,10-11,13-15H,2-3,5-9H2,1H3. The zero-order chi connectivity index (χ0) is 16.1. The van der Waals surface area contributed by atoms with Gasteiger partial charge >= 0.3 is 0 Å². The number of anilines is 1. The van der Waals surface area contributed by atoms with Crippen LogP contribution < -0.4 is 4.90 Å². The highest BCUT2D eigenvalue weighted by atomic mass is 15.3. The van der Waals surface area contributed by atoms with E-state index in [2.05, 4.69) is 41.5 Å². The van der Waals surface area contributed by atoms with Crippen LogP contribution in [0.3, 0.4) is 0 Å². The lowest BCUT2D eigenvalue weighted by molar-refractivity contribution is 0.295. The van der Waals surface area contributed by atoms with Gasteiger partial charge in [0.05, 0.1) is 6.54 Å². The molecule has 1 saturated carbocycles. The van der Waals surface area contributed by atoms with Crippen LogP contribution in [-0.4, -0.2) is 55.8 Å². The fourth-order valence-corrected chi connectivity index (χ4v) is 4.35. The van der Waals surface area contributed by atoms with E-state index in [4.69, 9.17) is 0 Å². The van der Waals surface area contributed by atoms with E-state index in [1.807, 2.05) is 12.5 Å². The van der Waals surface area contributed by atoms with Crippen molar-refractivity contribution in [3.8, 4) is 0 Å². The predicted octanol–water partition coefficient (Wildman–Crippen LogP) is 1.28. The van der Waals surface area contributed by atoms with Crippen molar-refractivity contribution in [3.05, 3.63) is 30.2 Å². The fourth-order valence-electron chi connectivity index (χ4n) is 4.35. The van der Waals surface area contributed by atoms with Crippen molar-refractivity contribution in [2.75, 3.05) is 31.1 Å². The van der Waals surface area contributed by atoms with Gasteiger partial charge in [0.15, 0.2) is 0 Å². The predicted molar refractivity (Wildman–Crippen MR) is 89.5 cm³/mol. The number of nitrogens with zero attached hydrogens (tertiary/aromatic N) is 7. The topological polar surface area (TPSA) is 63.0 Å². The molecular weight excluding hydrogens is 302 g/mol. The van der Waals surface area contributed by atoms with Crippen LogP contribution in [0.4, 0.5) is 5.82 Å². The van der Waals surface area contributed by atoms with E-state index >= 15 is 0 Å². The lowest BCUT2D eigenvalue weighted by atomic mass is 10.0. The average Bonchev–Trinajstić information content (AvgIpc) is 3.00. The van der Waals surface area contributed by atoms with Gasteiger partial charge < -0.3 is 9.47 Å². The van der Waals surface area contributed by atoms with E-state index in [9.17, 15) is 0 Å². The Kier molecular flexibility index (Phi) is 3.29. The smallest absolute Gasteiger partial charge is 0.147 e. The molecule has 7 nitrogen and oxygen atoms in total. The Morgan fingerprint density at radius 3 is 2.62 bits per heavy atom. The summed E-state index contributed by atoms with van der Waals surface area (Å²) in [5, 5.41) is 8.48. The van der Waals surface area contributed by atoms with Gasteiger partial charge in [-0.1, -0.05) is 0 Å². The Bertz CT molecular complexity index is 724. The molecule has 24 heavy (non-hydrogen) atoms. The molecule has 2 unspecified atom stereocenters. The molecule has 7 heteroatoms. The van der Waals surface area contributed by atoms with Crippen molar-refractivity contribution in [1.29, 1.82) is 0 Å². The molecular formula is C17H23N7. The van der Waals surface area contributed by atoms with Crippen molar-refractivity contribution >= 4 is 5.82 Å². The van der Waals surface area contributed by atoms with Crippen LogP contribution in [0.15, 0.2) is 18.9 Å². The van der Waals surface area contributed by atoms with Gasteiger partial charge in [-0.05, 0) is 31.6 Å². The SMILES string of the molecule is Cc1cncnc1N1CC2CN(Cc3nncn3C3CC3)CC2C1. The molecule has 2 aliphatic heterocycles. The van der Waals surface area contributed by atoms with Gasteiger partial charge in [-0.3, -0.25) is 4.90 Å². The molecule has 126 valence electrons. The Labute approximate surface area is 141 Å². The molecule has 0 radical (unpaired) electrons. The van der Waals surface area contributed by atoms with Gasteiger partial charge in [-0.2, -0.15) is 0 Å². The summed E-state index contributed by atoms with van der Waals surface area (Å²) in [4.78, 5) is 13.6. The third-order valence-electron chi connectivity index (χ3n) is 5.68. The Balaban J connectivity index is 1.24. The van der Waals surface area contributed by atoms with Crippen LogP contribution >= 0.6 is 0 Å². The minimum Gasteiger partial charge on any atom is -0.356 e. The number of rotatable bonds is 4. The largest absolute Gasteiger partial charge is 0.356 e. The van der Waals surface area contributed by atoms with E-state index in [0.717, 1.165) is 56.2 Å². The highest BCUT2D eigenvalue weighted by Gasteiger charge is 2.41. The van der Waals surface area contributed by atoms with Crippen molar-refractivity contribution in [3.63, 3.8) is 0 Å². The number of hydrogen-bond acceptors (Lipinski definition) is 6. The van der Waals surface area contributed by atoms with Crippen molar-refractivity contribution < 1.29 is 0 Å². The third-order valence-corrected chi connectivity index (χ3v) is 5.68. The van der Waals surface area contributed by atoms with E-state index in [0.29, 0.717) is 6.04 Å². The number of likely N-dealkylation sites (tertiary alicyclic amines) is 1. The molecule has 2 aromatic heterocycles. The van der Waals surface area contributed by atoms with Crippen LogP contribution in [-0.2, 0) is 6.54 Å². The molecule has 0 bridgehead atoms. The lowest BCUT2D eigenvalue weighted by Crippen LogP contribution is -2.30. The maximum absolute atomic E-state index is 4.48. The molecule has 2 atom stereocenters. The van der Waals surface area contributed by atoms with Crippen LogP contribution in [0.5, 0.6) is 0 Å². The van der Waals surface area contributed by atoms with Crippen LogP contribution in [0.25, 0.3) is 0 Å². The molecule has 0 spiro atoms. The zero-order valence-electron chi connectivity index (χ0n) is 14.0. The summed E-state index contributed by atoms with van der Waals surface area (Å²) < 4.78 is 2.28. The molecule has 3 fully saturated rings. The first-order valence-electron chi connectivity index (χ1n) is 8.90. The minimum absolute atomic E-state index is 0.660. The summed E-state index contributed by atoms with van der Waals surface area (Å²) in [7, 11) is 0. The first kappa shape index (κ1) is 14.3. The number of aryl methyl sites for hydroxylation is 1. The number of hydrogen-bond donors (Lipinski definition) is 0. The molecule has 2 aromatic rings. The maximum atomic E-state index is 4.48. The summed E-state index contributed by atoms with van der Waals surface area (Å²) in [6.07, 6.45) is 8.04. The first-order valence-corrected chi connectivity index (χ1v) is 8.90. The average molecular weight is 325 g/mol. The summed E-state index contributed by atoms with van der Waals surface area (Å²) in [5.41, 5.74) is 1.17. The first-order chi connectivity index (χ1) is 11.8. The quantitative estimate of drug-likeness (QED) is 0.844. The van der Waals surface area contributed by atoms with Crippen LogP contribution in [0.2, 0.25) is 0 Å². The molecule has 4 heterocycles. The third kappa shape index (κ3) is 2.47. The number of fused-ring (bicyclic) bond motifs is 1. The van der Waals surface area contributed by atoms with Gasteiger partial charge in [-0.25, -0.2) is 9.97 Å². The second kappa shape index (κ2) is 5.51. The van der Waals surface area contributed by atoms with Gasteiger partial charge in [0.2, 0.25) is 0 Å². The Hall–Kier alpha value is -2.02. The van der Waals surface area contributed by atoms with Crippen molar-refractivity contribution in [2.45, 2.75) is 32.4 Å². The summed E-state index contributed by atoms with van der Waals surface area (Å²) in [5.74, 6) is 3.72. The zero-order valence-corrected chi connectivity index (χ0v) is 14.0. The van der Waals surface area contributed by atoms with E-state index < -0.39 is 0 Å². The van der Waals surface area contributed by atoms with Crippen molar-refractivity contribution in [1.82, 2.24) is 29.6 Å². The lowest BCUT2D eigenvalue weighted by Gasteiger charge is -2.23. The summed E-state index contributed by atoms with van der Waals surface area (Å²) in [6, 6.07) is 0.660. The van der Waals surface area contributed by atoms with Gasteiger partial charge in [-0.15, -0.1) is 10.2 Å². The normalized spacial score (nSPS) is 27.0. The highest BCUT2D eigenvalue weighted by molar-refractivity contribution is 5.46.